The van der Waals surface area contributed by atoms with Crippen LogP contribution in [0.1, 0.15) is 78.2 Å². The van der Waals surface area contributed by atoms with E-state index in [9.17, 15) is 61.7 Å². The number of likely N-dealkylation sites (tertiary alicyclic amines) is 1. The fraction of sp³-hybridized carbons (Fsp3) is 0.615. The number of hydrogen-bond donors (Lipinski definition) is 11. The molecule has 0 spiro atoms. The summed E-state index contributed by atoms with van der Waals surface area (Å²) in [6, 6.07) is -9.75. The molecule has 1 heterocycles. The summed E-state index contributed by atoms with van der Waals surface area (Å²) in [4.78, 5) is 110. The minimum atomic E-state index is -1.81. The summed E-state index contributed by atoms with van der Waals surface area (Å²) in [6.07, 6.45) is -1.26. The molecule has 21 nitrogen and oxygen atoms in total. The van der Waals surface area contributed by atoms with Gasteiger partial charge in [-0.3, -0.25) is 38.6 Å². The number of benzene rings is 1. The van der Waals surface area contributed by atoms with Gasteiger partial charge < -0.3 is 64.6 Å². The Labute approximate surface area is 362 Å². The van der Waals surface area contributed by atoms with Crippen molar-refractivity contribution >= 4 is 53.3 Å². The summed E-state index contributed by atoms with van der Waals surface area (Å²) in [5.74, 6) is -13.0. The number of halogens is 3. The van der Waals surface area contributed by atoms with Gasteiger partial charge in [0.15, 0.2) is 5.96 Å². The van der Waals surface area contributed by atoms with E-state index in [1.807, 2.05) is 0 Å². The maximum atomic E-state index is 14.7. The predicted octanol–water partition coefficient (Wildman–Crippen LogP) is -2.51. The van der Waals surface area contributed by atoms with E-state index in [1.165, 1.54) is 0 Å². The van der Waals surface area contributed by atoms with Crippen molar-refractivity contribution in [1.29, 1.82) is 0 Å². The van der Waals surface area contributed by atoms with Crippen molar-refractivity contribution in [2.75, 3.05) is 19.7 Å². The van der Waals surface area contributed by atoms with Gasteiger partial charge >= 0.3 is 5.97 Å². The number of nitrogens with one attached hydrogen (secondary N) is 5. The molecule has 15 N–H and O–H groups in total. The van der Waals surface area contributed by atoms with Crippen molar-refractivity contribution in [3.8, 4) is 0 Å². The molecule has 1 aromatic carbocycles. The number of carbonyl (C=O) groups is 8. The van der Waals surface area contributed by atoms with Crippen molar-refractivity contribution in [3.63, 3.8) is 0 Å². The second kappa shape index (κ2) is 25.2. The lowest BCUT2D eigenvalue weighted by atomic mass is 9.98. The average Bonchev–Trinajstić information content (AvgIpc) is 3.68. The molecule has 1 fully saturated rings. The molecular formula is C39H60F3N11O10. The molecule has 2 rings (SSSR count). The summed E-state index contributed by atoms with van der Waals surface area (Å²) >= 11 is 0. The number of carboxylic acid groups (broad SMARTS) is 1. The Morgan fingerprint density at radius 1 is 0.762 bits per heavy atom. The zero-order valence-electron chi connectivity index (χ0n) is 35.6. The molecule has 1 aliphatic rings. The van der Waals surface area contributed by atoms with Gasteiger partial charge in [-0.1, -0.05) is 27.7 Å². The third-order valence-electron chi connectivity index (χ3n) is 9.78. The lowest BCUT2D eigenvalue weighted by Gasteiger charge is -2.29. The molecular weight excluding hydrogens is 839 g/mol. The first kappa shape index (κ1) is 53.1. The summed E-state index contributed by atoms with van der Waals surface area (Å²) < 4.78 is 43.1. The van der Waals surface area contributed by atoms with Crippen molar-refractivity contribution < 1.29 is 61.7 Å². The lowest BCUT2D eigenvalue weighted by Crippen LogP contribution is -2.60. The van der Waals surface area contributed by atoms with Crippen molar-refractivity contribution in [2.45, 2.75) is 121 Å². The van der Waals surface area contributed by atoms with Crippen molar-refractivity contribution in [2.24, 2.45) is 39.8 Å². The van der Waals surface area contributed by atoms with E-state index in [0.29, 0.717) is 18.6 Å². The van der Waals surface area contributed by atoms with E-state index in [2.05, 4.69) is 31.6 Å². The van der Waals surface area contributed by atoms with E-state index < -0.39 is 132 Å². The molecule has 0 aliphatic carbocycles. The molecule has 24 heteroatoms. The molecule has 0 radical (unpaired) electrons. The molecule has 1 saturated heterocycles. The largest absolute Gasteiger partial charge is 0.480 e. The molecule has 0 bridgehead atoms. The highest BCUT2D eigenvalue weighted by Gasteiger charge is 2.39. The molecule has 0 unspecified atom stereocenters. The number of aliphatic hydroxyl groups excluding tert-OH is 1. The van der Waals surface area contributed by atoms with Crippen LogP contribution in [0, 0.1) is 29.3 Å². The Balaban J connectivity index is 2.44. The Bertz CT molecular complexity index is 1830. The second-order valence-electron chi connectivity index (χ2n) is 16.1. The number of guanidine groups is 1. The number of nitrogens with two attached hydrogens (primary N) is 4. The molecule has 63 heavy (non-hydrogen) atoms. The number of aliphatic imine (C=N–C) groups is 1. The maximum absolute atomic E-state index is 14.7. The van der Waals surface area contributed by atoms with Crippen LogP contribution in [0.3, 0.4) is 0 Å². The van der Waals surface area contributed by atoms with Crippen LogP contribution in [0.25, 0.3) is 0 Å². The molecule has 352 valence electrons. The van der Waals surface area contributed by atoms with Gasteiger partial charge in [-0.25, -0.2) is 18.0 Å². The highest BCUT2D eigenvalue weighted by atomic mass is 19.1. The van der Waals surface area contributed by atoms with Crippen LogP contribution in [-0.2, 0) is 44.8 Å². The van der Waals surface area contributed by atoms with Gasteiger partial charge in [0, 0.05) is 37.2 Å². The molecule has 1 aromatic rings. The lowest BCUT2D eigenvalue weighted by molar-refractivity contribution is -0.149. The second-order valence-corrected chi connectivity index (χ2v) is 16.1. The highest BCUT2D eigenvalue weighted by Crippen LogP contribution is 2.20. The third-order valence-corrected chi connectivity index (χ3v) is 9.78. The van der Waals surface area contributed by atoms with Gasteiger partial charge in [0.25, 0.3) is 0 Å². The van der Waals surface area contributed by atoms with Crippen molar-refractivity contribution in [1.82, 2.24) is 31.5 Å². The number of nitrogens with zero attached hydrogens (tertiary/aromatic N) is 2. The van der Waals surface area contributed by atoms with Crippen LogP contribution < -0.4 is 49.5 Å². The smallest absolute Gasteiger partial charge is 0.326 e. The number of aliphatic hydroxyl groups is 1. The first-order chi connectivity index (χ1) is 29.4. The first-order valence-electron chi connectivity index (χ1n) is 20.3. The van der Waals surface area contributed by atoms with Gasteiger partial charge in [-0.2, -0.15) is 0 Å². The van der Waals surface area contributed by atoms with Crippen LogP contribution in [0.2, 0.25) is 0 Å². The zero-order chi connectivity index (χ0) is 47.7. The highest BCUT2D eigenvalue weighted by molar-refractivity contribution is 5.98. The number of amides is 7. The average molecular weight is 900 g/mol. The molecule has 7 amide bonds. The van der Waals surface area contributed by atoms with Gasteiger partial charge in [0.2, 0.25) is 41.4 Å². The van der Waals surface area contributed by atoms with E-state index >= 15 is 0 Å². The van der Waals surface area contributed by atoms with Gasteiger partial charge in [0.1, 0.15) is 59.7 Å². The molecule has 1 aliphatic heterocycles. The number of hydrogen-bond acceptors (Lipinski definition) is 11. The molecule has 0 saturated carbocycles. The third kappa shape index (κ3) is 17.3. The molecule has 7 atom stereocenters. The number of carboxylic acids is 1. The van der Waals surface area contributed by atoms with E-state index in [1.54, 1.807) is 27.7 Å². The Morgan fingerprint density at radius 2 is 1.24 bits per heavy atom. The minimum Gasteiger partial charge on any atom is -0.480 e. The first-order valence-corrected chi connectivity index (χ1v) is 20.3. The summed E-state index contributed by atoms with van der Waals surface area (Å²) in [6.45, 7) is 6.00. The summed E-state index contributed by atoms with van der Waals surface area (Å²) in [5.41, 5.74) is 21.0. The Morgan fingerprint density at radius 3 is 1.71 bits per heavy atom. The van der Waals surface area contributed by atoms with Gasteiger partial charge in [-0.15, -0.1) is 0 Å². The SMILES string of the molecule is CC(C)C[C@H](NC(=O)[C@H](CC(C)C)NC(=O)[C@H](Cc1c(F)cc(F)cc1F)NC(=O)[C@@H](N)CO)C(=O)N[C@@H](CCCN=C(N)N)C(=O)N[C@@H](CC(N)=O)C(=O)N1CCC[C@H]1C(=O)O. The van der Waals surface area contributed by atoms with E-state index in [0.717, 1.165) is 4.90 Å². The number of carbonyl (C=O) groups excluding carboxylic acids is 7. The number of aliphatic carboxylic acids is 1. The quantitative estimate of drug-likeness (QED) is 0.0275. The van der Waals surface area contributed by atoms with Crippen LogP contribution in [-0.4, -0.2) is 130 Å². The fourth-order valence-corrected chi connectivity index (χ4v) is 6.70. The number of primary amides is 1. The summed E-state index contributed by atoms with van der Waals surface area (Å²) in [7, 11) is 0. The summed E-state index contributed by atoms with van der Waals surface area (Å²) in [5, 5.41) is 31.1. The maximum Gasteiger partial charge on any atom is 0.326 e. The van der Waals surface area contributed by atoms with Crippen molar-refractivity contribution in [3.05, 3.63) is 35.1 Å². The monoisotopic (exact) mass is 899 g/mol. The molecule has 0 aromatic heterocycles. The van der Waals surface area contributed by atoms with Crippen LogP contribution >= 0.6 is 0 Å². The normalized spacial score (nSPS) is 16.5. The van der Waals surface area contributed by atoms with Gasteiger partial charge in [-0.05, 0) is 50.4 Å². The van der Waals surface area contributed by atoms with E-state index in [-0.39, 0.29) is 63.0 Å². The zero-order valence-corrected chi connectivity index (χ0v) is 35.6. The Kier molecular flexibility index (Phi) is 21.2. The number of rotatable bonds is 25. The predicted molar refractivity (Wildman–Crippen MR) is 220 cm³/mol. The van der Waals surface area contributed by atoms with Crippen LogP contribution in [0.15, 0.2) is 17.1 Å². The van der Waals surface area contributed by atoms with Crippen LogP contribution in [0.5, 0.6) is 0 Å². The topological polar surface area (TPSA) is 357 Å². The fourth-order valence-electron chi connectivity index (χ4n) is 6.70. The van der Waals surface area contributed by atoms with E-state index in [4.69, 9.17) is 22.9 Å². The standard InChI is InChI=1S/C39H60F3N11O10/c1-18(2)11-26(34(58)48-25(7-5-9-47-39(45)46)33(57)52-29(16-31(44)55)37(61)53-10-6-8-30(53)38(62)63)50-35(59)27(12-19(3)4)51-36(60)28(49-32(56)24(43)17-54)15-21-22(41)13-20(40)14-23(21)42/h13-14,18-19,24-30,54H,5-12,15-17,43H2,1-4H3,(H2,44,55)(H,48,58)(H,49,56)(H,50,59)(H,51,60)(H,52,57)(H,62,63)(H4,45,46,47)/t24-,25-,26-,27-,28-,29-,30-/m0/s1. The van der Waals surface area contributed by atoms with Gasteiger partial charge in [0.05, 0.1) is 13.0 Å². The van der Waals surface area contributed by atoms with Crippen LogP contribution in [0.4, 0.5) is 13.2 Å². The Hall–Kier alpha value is -6.04. The minimum absolute atomic E-state index is 0.00371.